The predicted molar refractivity (Wildman–Crippen MR) is 62.4 cm³/mol. The molecule has 0 aliphatic rings. The minimum Gasteiger partial charge on any atom is -0.493 e. The molecule has 0 heterocycles. The first-order chi connectivity index (χ1) is 7.63. The van der Waals surface area contributed by atoms with E-state index in [1.807, 2.05) is 6.07 Å². The van der Waals surface area contributed by atoms with Gasteiger partial charge in [-0.25, -0.2) is 0 Å². The molecule has 0 radical (unpaired) electrons. The van der Waals surface area contributed by atoms with E-state index >= 15 is 0 Å². The quantitative estimate of drug-likeness (QED) is 0.923. The van der Waals surface area contributed by atoms with Crippen LogP contribution in [0, 0.1) is 11.3 Å². The van der Waals surface area contributed by atoms with E-state index in [9.17, 15) is 5.11 Å². The van der Waals surface area contributed by atoms with Gasteiger partial charge in [0.15, 0.2) is 11.5 Å². The van der Waals surface area contributed by atoms with E-state index in [1.165, 1.54) is 14.2 Å². The second-order valence-electron chi connectivity index (χ2n) is 3.12. The lowest BCUT2D eigenvalue weighted by atomic mass is 10.1. The van der Waals surface area contributed by atoms with Crippen molar-refractivity contribution in [3.8, 4) is 17.6 Å². The molecule has 1 rings (SSSR count). The number of hydrogen-bond acceptors (Lipinski definition) is 4. The number of benzene rings is 1. The standard InChI is InChI=1S/C11H12BrNO3/c1-15-10-6-7(9(14)3-4-13)5-8(12)11(10)16-2/h5-6,9,14H,3H2,1-2H3. The molecule has 1 unspecified atom stereocenters. The van der Waals surface area contributed by atoms with Gasteiger partial charge in [0.2, 0.25) is 0 Å². The lowest BCUT2D eigenvalue weighted by Gasteiger charge is -2.14. The van der Waals surface area contributed by atoms with Gasteiger partial charge in [-0.3, -0.25) is 0 Å². The topological polar surface area (TPSA) is 62.5 Å². The molecule has 4 nitrogen and oxygen atoms in total. The summed E-state index contributed by atoms with van der Waals surface area (Å²) in [5.74, 6) is 1.08. The van der Waals surface area contributed by atoms with E-state index in [2.05, 4.69) is 15.9 Å². The molecular weight excluding hydrogens is 274 g/mol. The van der Waals surface area contributed by atoms with Gasteiger partial charge in [0.25, 0.3) is 0 Å². The number of ether oxygens (including phenoxy) is 2. The second-order valence-corrected chi connectivity index (χ2v) is 3.97. The lowest BCUT2D eigenvalue weighted by molar-refractivity contribution is 0.182. The molecule has 0 saturated carbocycles. The Kier molecular flexibility index (Phi) is 4.59. The van der Waals surface area contributed by atoms with Gasteiger partial charge in [-0.15, -0.1) is 0 Å². The van der Waals surface area contributed by atoms with Gasteiger partial charge < -0.3 is 14.6 Å². The third-order valence-corrected chi connectivity index (χ3v) is 2.71. The molecule has 1 atom stereocenters. The van der Waals surface area contributed by atoms with Crippen LogP contribution in [0.25, 0.3) is 0 Å². The first-order valence-electron chi connectivity index (χ1n) is 4.60. The molecule has 0 fully saturated rings. The van der Waals surface area contributed by atoms with Crippen molar-refractivity contribution in [1.29, 1.82) is 5.26 Å². The van der Waals surface area contributed by atoms with Crippen molar-refractivity contribution in [2.24, 2.45) is 0 Å². The van der Waals surface area contributed by atoms with Crippen molar-refractivity contribution in [2.45, 2.75) is 12.5 Å². The first kappa shape index (κ1) is 12.8. The molecule has 0 aromatic heterocycles. The van der Waals surface area contributed by atoms with Crippen LogP contribution in [0.4, 0.5) is 0 Å². The van der Waals surface area contributed by atoms with Crippen molar-refractivity contribution < 1.29 is 14.6 Å². The Morgan fingerprint density at radius 1 is 1.44 bits per heavy atom. The number of aliphatic hydroxyl groups is 1. The molecule has 0 bridgehead atoms. The summed E-state index contributed by atoms with van der Waals surface area (Å²) in [4.78, 5) is 0. The van der Waals surface area contributed by atoms with Crippen LogP contribution in [0.2, 0.25) is 0 Å². The van der Waals surface area contributed by atoms with Gasteiger partial charge in [0, 0.05) is 0 Å². The number of methoxy groups -OCH3 is 2. The van der Waals surface area contributed by atoms with Gasteiger partial charge >= 0.3 is 0 Å². The highest BCUT2D eigenvalue weighted by Gasteiger charge is 2.14. The van der Waals surface area contributed by atoms with Crippen LogP contribution in [0.1, 0.15) is 18.1 Å². The molecule has 1 aromatic rings. The van der Waals surface area contributed by atoms with Crippen molar-refractivity contribution in [1.82, 2.24) is 0 Å². The lowest BCUT2D eigenvalue weighted by Crippen LogP contribution is -1.99. The van der Waals surface area contributed by atoms with Crippen LogP contribution >= 0.6 is 15.9 Å². The summed E-state index contributed by atoms with van der Waals surface area (Å²) in [5.41, 5.74) is 0.617. The molecule has 0 amide bonds. The summed E-state index contributed by atoms with van der Waals surface area (Å²) in [6, 6.07) is 5.28. The molecular formula is C11H12BrNO3. The van der Waals surface area contributed by atoms with Crippen LogP contribution in [0.3, 0.4) is 0 Å². The Morgan fingerprint density at radius 3 is 2.62 bits per heavy atom. The molecule has 0 spiro atoms. The van der Waals surface area contributed by atoms with Gasteiger partial charge in [-0.1, -0.05) is 0 Å². The fourth-order valence-electron chi connectivity index (χ4n) is 1.33. The maximum atomic E-state index is 9.69. The van der Waals surface area contributed by atoms with Crippen LogP contribution in [-0.4, -0.2) is 19.3 Å². The Balaban J connectivity index is 3.15. The monoisotopic (exact) mass is 285 g/mol. The zero-order chi connectivity index (χ0) is 12.1. The maximum absolute atomic E-state index is 9.69. The zero-order valence-electron chi connectivity index (χ0n) is 9.03. The van der Waals surface area contributed by atoms with Crippen LogP contribution in [0.5, 0.6) is 11.5 Å². The third-order valence-electron chi connectivity index (χ3n) is 2.13. The Morgan fingerprint density at radius 2 is 2.12 bits per heavy atom. The highest BCUT2D eigenvalue weighted by molar-refractivity contribution is 9.10. The predicted octanol–water partition coefficient (Wildman–Crippen LogP) is 2.41. The number of nitriles is 1. The average Bonchev–Trinajstić information content (AvgIpc) is 2.28. The number of nitrogens with zero attached hydrogens (tertiary/aromatic N) is 1. The van der Waals surface area contributed by atoms with Gasteiger partial charge in [-0.05, 0) is 33.6 Å². The van der Waals surface area contributed by atoms with Gasteiger partial charge in [0.1, 0.15) is 0 Å². The van der Waals surface area contributed by atoms with Gasteiger partial charge in [-0.2, -0.15) is 5.26 Å². The minimum absolute atomic E-state index is 0.0436. The zero-order valence-corrected chi connectivity index (χ0v) is 10.6. The van der Waals surface area contributed by atoms with E-state index in [-0.39, 0.29) is 6.42 Å². The summed E-state index contributed by atoms with van der Waals surface area (Å²) in [6.07, 6.45) is -0.775. The van der Waals surface area contributed by atoms with E-state index in [1.54, 1.807) is 12.1 Å². The number of rotatable bonds is 4. The van der Waals surface area contributed by atoms with Crippen molar-refractivity contribution in [3.63, 3.8) is 0 Å². The highest BCUT2D eigenvalue weighted by atomic mass is 79.9. The fraction of sp³-hybridized carbons (Fsp3) is 0.364. The Labute approximate surface area is 103 Å². The second kappa shape index (κ2) is 5.73. The molecule has 0 aliphatic carbocycles. The van der Waals surface area contributed by atoms with Crippen molar-refractivity contribution >= 4 is 15.9 Å². The first-order valence-corrected chi connectivity index (χ1v) is 5.39. The highest BCUT2D eigenvalue weighted by Crippen LogP contribution is 2.38. The largest absolute Gasteiger partial charge is 0.493 e. The number of hydrogen-bond donors (Lipinski definition) is 1. The summed E-state index contributed by atoms with van der Waals surface area (Å²) in [5, 5.41) is 18.2. The van der Waals surface area contributed by atoms with E-state index in [0.717, 1.165) is 0 Å². The Hall–Kier alpha value is -1.25. The number of halogens is 1. The summed E-state index contributed by atoms with van der Waals surface area (Å²) < 4.78 is 11.0. The van der Waals surface area contributed by atoms with Gasteiger partial charge in [0.05, 0.1) is 37.3 Å². The maximum Gasteiger partial charge on any atom is 0.174 e. The summed E-state index contributed by atoms with van der Waals surface area (Å²) in [7, 11) is 3.05. The Bertz CT molecular complexity index is 414. The molecule has 1 N–H and O–H groups in total. The van der Waals surface area contributed by atoms with E-state index < -0.39 is 6.10 Å². The van der Waals surface area contributed by atoms with Crippen LogP contribution in [0.15, 0.2) is 16.6 Å². The molecule has 16 heavy (non-hydrogen) atoms. The SMILES string of the molecule is COc1cc(C(O)CC#N)cc(Br)c1OC. The summed E-state index contributed by atoms with van der Waals surface area (Å²) in [6.45, 7) is 0. The van der Waals surface area contributed by atoms with Crippen LogP contribution < -0.4 is 9.47 Å². The minimum atomic E-state index is -0.818. The van der Waals surface area contributed by atoms with Crippen molar-refractivity contribution in [2.75, 3.05) is 14.2 Å². The average molecular weight is 286 g/mol. The summed E-state index contributed by atoms with van der Waals surface area (Å²) >= 11 is 3.32. The molecule has 0 aliphatic heterocycles. The molecule has 5 heteroatoms. The van der Waals surface area contributed by atoms with E-state index in [4.69, 9.17) is 14.7 Å². The normalized spacial score (nSPS) is 11.7. The molecule has 0 saturated heterocycles. The van der Waals surface area contributed by atoms with E-state index in [0.29, 0.717) is 21.5 Å². The van der Waals surface area contributed by atoms with Crippen LogP contribution in [-0.2, 0) is 0 Å². The third kappa shape index (κ3) is 2.65. The van der Waals surface area contributed by atoms with Crippen molar-refractivity contribution in [3.05, 3.63) is 22.2 Å². The molecule has 86 valence electrons. The smallest absolute Gasteiger partial charge is 0.174 e. The fourth-order valence-corrected chi connectivity index (χ4v) is 1.96. The number of aliphatic hydroxyl groups excluding tert-OH is 1. The molecule has 1 aromatic carbocycles.